The van der Waals surface area contributed by atoms with Crippen LogP contribution in [0.4, 0.5) is 5.95 Å². The number of benzene rings is 2. The number of imidazole rings is 1. The number of aromatic nitrogens is 2. The molecule has 0 saturated carbocycles. The molecule has 114 valence electrons. The molecule has 3 aromatic rings. The Morgan fingerprint density at radius 3 is 2.55 bits per heavy atom. The molecular formula is C18H22N3O+. The third kappa shape index (κ3) is 2.77. The number of ether oxygens (including phenoxy) is 1. The van der Waals surface area contributed by atoms with Gasteiger partial charge in [-0.25, -0.2) is 9.13 Å². The molecule has 1 heterocycles. The molecule has 0 atom stereocenters. The number of hydrogen-bond donors (Lipinski definition) is 1. The van der Waals surface area contributed by atoms with Gasteiger partial charge in [0.1, 0.15) is 29.9 Å². The molecule has 0 aliphatic rings. The van der Waals surface area contributed by atoms with Crippen molar-refractivity contribution in [1.82, 2.24) is 4.57 Å². The van der Waals surface area contributed by atoms with Crippen LogP contribution < -0.4 is 15.0 Å². The zero-order chi connectivity index (χ0) is 15.4. The quantitative estimate of drug-likeness (QED) is 0.711. The van der Waals surface area contributed by atoms with E-state index < -0.39 is 0 Å². The van der Waals surface area contributed by atoms with E-state index in [0.29, 0.717) is 6.61 Å². The van der Waals surface area contributed by atoms with Gasteiger partial charge in [-0.05, 0) is 30.7 Å². The minimum absolute atomic E-state index is 0.596. The smallest absolute Gasteiger partial charge is 0.356 e. The summed E-state index contributed by atoms with van der Waals surface area (Å²) in [6.07, 6.45) is 1.06. The standard InChI is InChI=1S/C18H21N3O/c1-2-12-20-16-10-6-7-11-17(16)21(18(20)19)13-14-22-15-8-4-3-5-9-15/h3-11,19H,2,12-14H2,1H3/p+1. The zero-order valence-corrected chi connectivity index (χ0v) is 12.9. The molecule has 2 N–H and O–H groups in total. The van der Waals surface area contributed by atoms with E-state index in [-0.39, 0.29) is 0 Å². The number of fused-ring (bicyclic) bond motifs is 1. The van der Waals surface area contributed by atoms with Crippen LogP contribution in [0.3, 0.4) is 0 Å². The zero-order valence-electron chi connectivity index (χ0n) is 12.9. The largest absolute Gasteiger partial charge is 0.490 e. The minimum atomic E-state index is 0.596. The summed E-state index contributed by atoms with van der Waals surface area (Å²) in [5.41, 5.74) is 8.69. The molecule has 0 radical (unpaired) electrons. The minimum Gasteiger partial charge on any atom is -0.490 e. The second kappa shape index (κ2) is 6.52. The van der Waals surface area contributed by atoms with Crippen molar-refractivity contribution in [3.05, 3.63) is 54.6 Å². The molecule has 0 bridgehead atoms. The maximum absolute atomic E-state index is 6.35. The lowest BCUT2D eigenvalue weighted by Crippen LogP contribution is -2.36. The fourth-order valence-corrected chi connectivity index (χ4v) is 2.78. The number of para-hydroxylation sites is 3. The van der Waals surface area contributed by atoms with Crippen LogP contribution in [-0.4, -0.2) is 11.2 Å². The van der Waals surface area contributed by atoms with Gasteiger partial charge in [0.05, 0.1) is 6.54 Å². The van der Waals surface area contributed by atoms with Crippen molar-refractivity contribution in [2.24, 2.45) is 0 Å². The first-order chi connectivity index (χ1) is 10.8. The number of aryl methyl sites for hydroxylation is 1. The summed E-state index contributed by atoms with van der Waals surface area (Å²) in [7, 11) is 0. The number of anilines is 1. The van der Waals surface area contributed by atoms with Crippen LogP contribution in [0.1, 0.15) is 13.3 Å². The first-order valence-electron chi connectivity index (χ1n) is 7.75. The van der Waals surface area contributed by atoms with E-state index in [4.69, 9.17) is 10.5 Å². The summed E-state index contributed by atoms with van der Waals surface area (Å²) in [4.78, 5) is 0. The van der Waals surface area contributed by atoms with Crippen molar-refractivity contribution in [2.45, 2.75) is 26.4 Å². The third-order valence-corrected chi connectivity index (χ3v) is 3.79. The Morgan fingerprint density at radius 2 is 1.77 bits per heavy atom. The van der Waals surface area contributed by atoms with Gasteiger partial charge < -0.3 is 4.74 Å². The van der Waals surface area contributed by atoms with E-state index in [2.05, 4.69) is 34.3 Å². The predicted molar refractivity (Wildman–Crippen MR) is 88.8 cm³/mol. The molecule has 3 rings (SSSR count). The van der Waals surface area contributed by atoms with Crippen LogP contribution in [-0.2, 0) is 13.1 Å². The Kier molecular flexibility index (Phi) is 4.28. The van der Waals surface area contributed by atoms with Crippen LogP contribution in [0.15, 0.2) is 54.6 Å². The van der Waals surface area contributed by atoms with Gasteiger partial charge in [0.15, 0.2) is 0 Å². The van der Waals surface area contributed by atoms with Gasteiger partial charge >= 0.3 is 5.95 Å². The SMILES string of the molecule is CCC[n+]1c(N)n(CCOc2ccccc2)c2ccccc21. The highest BCUT2D eigenvalue weighted by atomic mass is 16.5. The topological polar surface area (TPSA) is 44.1 Å². The maximum Gasteiger partial charge on any atom is 0.356 e. The van der Waals surface area contributed by atoms with E-state index >= 15 is 0 Å². The van der Waals surface area contributed by atoms with E-state index in [1.807, 2.05) is 36.4 Å². The maximum atomic E-state index is 6.35. The number of nitrogens with zero attached hydrogens (tertiary/aromatic N) is 2. The summed E-state index contributed by atoms with van der Waals surface area (Å²) in [6, 6.07) is 18.2. The van der Waals surface area contributed by atoms with Crippen molar-refractivity contribution in [2.75, 3.05) is 12.3 Å². The lowest BCUT2D eigenvalue weighted by molar-refractivity contribution is -0.657. The van der Waals surface area contributed by atoms with Gasteiger partial charge in [0, 0.05) is 0 Å². The van der Waals surface area contributed by atoms with E-state index in [1.54, 1.807) is 0 Å². The van der Waals surface area contributed by atoms with Gasteiger partial charge in [-0.2, -0.15) is 0 Å². The summed E-state index contributed by atoms with van der Waals surface area (Å²) >= 11 is 0. The number of nitrogen functional groups attached to an aromatic ring is 1. The molecule has 4 heteroatoms. The molecule has 0 saturated heterocycles. The van der Waals surface area contributed by atoms with Crippen molar-refractivity contribution in [3.63, 3.8) is 0 Å². The number of nitrogens with two attached hydrogens (primary N) is 1. The van der Waals surface area contributed by atoms with Crippen molar-refractivity contribution < 1.29 is 9.30 Å². The van der Waals surface area contributed by atoms with E-state index in [9.17, 15) is 0 Å². The molecule has 2 aromatic carbocycles. The van der Waals surface area contributed by atoms with E-state index in [0.717, 1.165) is 36.7 Å². The van der Waals surface area contributed by atoms with Crippen molar-refractivity contribution >= 4 is 17.0 Å². The molecule has 0 unspecified atom stereocenters. The Hall–Kier alpha value is -2.49. The molecular weight excluding hydrogens is 274 g/mol. The highest BCUT2D eigenvalue weighted by Crippen LogP contribution is 2.16. The number of hydrogen-bond acceptors (Lipinski definition) is 2. The average molecular weight is 296 g/mol. The second-order valence-electron chi connectivity index (χ2n) is 5.31. The molecule has 0 amide bonds. The number of rotatable bonds is 6. The lowest BCUT2D eigenvalue weighted by atomic mass is 10.3. The fourth-order valence-electron chi connectivity index (χ4n) is 2.78. The first-order valence-corrected chi connectivity index (χ1v) is 7.75. The van der Waals surface area contributed by atoms with Crippen LogP contribution >= 0.6 is 0 Å². The third-order valence-electron chi connectivity index (χ3n) is 3.79. The van der Waals surface area contributed by atoms with Gasteiger partial charge in [0.25, 0.3) is 0 Å². The lowest BCUT2D eigenvalue weighted by Gasteiger charge is -2.05. The Morgan fingerprint density at radius 1 is 1.05 bits per heavy atom. The van der Waals surface area contributed by atoms with Crippen LogP contribution in [0.5, 0.6) is 5.75 Å². The van der Waals surface area contributed by atoms with E-state index in [1.165, 1.54) is 5.52 Å². The van der Waals surface area contributed by atoms with Crippen LogP contribution in [0.25, 0.3) is 11.0 Å². The molecule has 0 spiro atoms. The molecule has 1 aromatic heterocycles. The monoisotopic (exact) mass is 296 g/mol. The molecule has 0 aliphatic carbocycles. The van der Waals surface area contributed by atoms with Crippen LogP contribution in [0, 0.1) is 0 Å². The molecule has 0 aliphatic heterocycles. The highest BCUT2D eigenvalue weighted by molar-refractivity contribution is 5.73. The van der Waals surface area contributed by atoms with Crippen molar-refractivity contribution in [3.8, 4) is 5.75 Å². The second-order valence-corrected chi connectivity index (χ2v) is 5.31. The summed E-state index contributed by atoms with van der Waals surface area (Å²) < 4.78 is 10.1. The fraction of sp³-hybridized carbons (Fsp3) is 0.278. The van der Waals surface area contributed by atoms with Gasteiger partial charge in [-0.3, -0.25) is 5.73 Å². The Balaban J connectivity index is 1.82. The van der Waals surface area contributed by atoms with Crippen LogP contribution in [0.2, 0.25) is 0 Å². The Labute approximate surface area is 130 Å². The molecule has 22 heavy (non-hydrogen) atoms. The average Bonchev–Trinajstić information content (AvgIpc) is 2.82. The summed E-state index contributed by atoms with van der Waals surface area (Å²) in [5, 5.41) is 0. The summed E-state index contributed by atoms with van der Waals surface area (Å²) in [6.45, 7) is 4.42. The van der Waals surface area contributed by atoms with Crippen molar-refractivity contribution in [1.29, 1.82) is 0 Å². The summed E-state index contributed by atoms with van der Waals surface area (Å²) in [5.74, 6) is 1.68. The van der Waals surface area contributed by atoms with Gasteiger partial charge in [0.2, 0.25) is 0 Å². The van der Waals surface area contributed by atoms with Gasteiger partial charge in [-0.1, -0.05) is 37.3 Å². The molecule has 4 nitrogen and oxygen atoms in total. The van der Waals surface area contributed by atoms with Gasteiger partial charge in [-0.15, -0.1) is 0 Å². The molecule has 0 fully saturated rings. The first kappa shape index (κ1) is 14.4. The predicted octanol–water partition coefficient (Wildman–Crippen LogP) is 3.00. The Bertz CT molecular complexity index is 750. The normalized spacial score (nSPS) is 11.0. The highest BCUT2D eigenvalue weighted by Gasteiger charge is 2.19.